The number of esters is 2. The maximum Gasteiger partial charge on any atom is 0.311 e. The van der Waals surface area contributed by atoms with Gasteiger partial charge in [-0.05, 0) is 69.1 Å². The Morgan fingerprint density at radius 2 is 1.88 bits per heavy atom. The highest BCUT2D eigenvalue weighted by molar-refractivity contribution is 5.76. The second-order valence-corrected chi connectivity index (χ2v) is 11.5. The molecule has 1 N–H and O–H groups in total. The van der Waals surface area contributed by atoms with Crippen molar-refractivity contribution < 1.29 is 24.2 Å². The summed E-state index contributed by atoms with van der Waals surface area (Å²) in [7, 11) is 0. The third-order valence-electron chi connectivity index (χ3n) is 8.94. The van der Waals surface area contributed by atoms with E-state index in [-0.39, 0.29) is 36.5 Å². The number of aliphatic hydroxyl groups is 1. The van der Waals surface area contributed by atoms with E-state index < -0.39 is 11.5 Å². The molecule has 2 aliphatic carbocycles. The van der Waals surface area contributed by atoms with Crippen LogP contribution >= 0.6 is 0 Å². The summed E-state index contributed by atoms with van der Waals surface area (Å²) in [6.45, 7) is 15.1. The highest BCUT2D eigenvalue weighted by Crippen LogP contribution is 2.51. The third-order valence-corrected chi connectivity index (χ3v) is 8.94. The normalized spacial score (nSPS) is 40.2. The van der Waals surface area contributed by atoms with Crippen LogP contribution in [0.4, 0.5) is 0 Å². The maximum absolute atomic E-state index is 13.0. The molecule has 5 heteroatoms. The lowest BCUT2D eigenvalue weighted by Crippen LogP contribution is -2.48. The summed E-state index contributed by atoms with van der Waals surface area (Å²) < 4.78 is 11.8. The van der Waals surface area contributed by atoms with Gasteiger partial charge in [0, 0.05) is 12.3 Å². The molecule has 3 rings (SSSR count). The van der Waals surface area contributed by atoms with Crippen LogP contribution < -0.4 is 0 Å². The molecule has 0 aromatic carbocycles. The minimum absolute atomic E-state index is 0.0968. The Labute approximate surface area is 194 Å². The number of hydrogen-bond acceptors (Lipinski definition) is 5. The number of rotatable bonds is 6. The summed E-state index contributed by atoms with van der Waals surface area (Å²) in [6, 6.07) is 0. The van der Waals surface area contributed by atoms with Crippen molar-refractivity contribution in [1.29, 1.82) is 0 Å². The average molecular weight is 449 g/mol. The standard InChI is InChI=1S/C27H44O5/c1-8-27(6,7)26(30)32-23-12-16(3)18(5)22-11-15(2)17(4)21(25(22)23)10-9-20-13-19(28)14-24(29)31-20/h11,15-21,23,25,28H,8-10,12-14H2,1-7H3/t15?,16-,17+,18?,19-,20-,21+,23+,25?/m1/s1. The van der Waals surface area contributed by atoms with Gasteiger partial charge >= 0.3 is 11.9 Å². The van der Waals surface area contributed by atoms with Gasteiger partial charge in [-0.2, -0.15) is 0 Å². The summed E-state index contributed by atoms with van der Waals surface area (Å²) in [5.41, 5.74) is 0.971. The Morgan fingerprint density at radius 1 is 1.19 bits per heavy atom. The SMILES string of the molecule is CCC(C)(C)C(=O)O[C@H]1C[C@@H](C)C(C)C2=CC(C)[C@H](C)[C@H](CC[C@@H]3C[C@@H](O)CC(=O)O3)C21. The quantitative estimate of drug-likeness (QED) is 0.441. The zero-order valence-corrected chi connectivity index (χ0v) is 21.1. The van der Waals surface area contributed by atoms with E-state index in [1.54, 1.807) is 0 Å². The zero-order valence-electron chi connectivity index (χ0n) is 21.1. The van der Waals surface area contributed by atoms with E-state index in [1.807, 2.05) is 20.8 Å². The predicted molar refractivity (Wildman–Crippen MR) is 125 cm³/mol. The molecule has 0 aromatic heterocycles. The van der Waals surface area contributed by atoms with Crippen LogP contribution in [0.15, 0.2) is 11.6 Å². The molecule has 1 aliphatic heterocycles. The summed E-state index contributed by atoms with van der Waals surface area (Å²) in [6.07, 6.45) is 5.45. The van der Waals surface area contributed by atoms with Gasteiger partial charge in [0.15, 0.2) is 0 Å². The molecular formula is C27H44O5. The van der Waals surface area contributed by atoms with Crippen molar-refractivity contribution in [1.82, 2.24) is 0 Å². The second-order valence-electron chi connectivity index (χ2n) is 11.5. The molecule has 1 saturated heterocycles. The minimum Gasteiger partial charge on any atom is -0.462 e. The van der Waals surface area contributed by atoms with Crippen molar-refractivity contribution in [3.8, 4) is 0 Å². The fourth-order valence-corrected chi connectivity index (χ4v) is 5.94. The van der Waals surface area contributed by atoms with Gasteiger partial charge in [0.25, 0.3) is 0 Å². The van der Waals surface area contributed by atoms with Crippen molar-refractivity contribution in [2.75, 3.05) is 0 Å². The van der Waals surface area contributed by atoms with Gasteiger partial charge in [-0.15, -0.1) is 0 Å². The summed E-state index contributed by atoms with van der Waals surface area (Å²) in [5.74, 6) is 2.04. The molecule has 2 fully saturated rings. The highest BCUT2D eigenvalue weighted by Gasteiger charge is 2.48. The molecule has 0 spiro atoms. The fourth-order valence-electron chi connectivity index (χ4n) is 5.94. The van der Waals surface area contributed by atoms with E-state index >= 15 is 0 Å². The first-order valence-corrected chi connectivity index (χ1v) is 12.7. The van der Waals surface area contributed by atoms with Crippen molar-refractivity contribution in [3.05, 3.63) is 11.6 Å². The molecule has 182 valence electrons. The third kappa shape index (κ3) is 5.24. The number of carbonyl (C=O) groups is 2. The van der Waals surface area contributed by atoms with E-state index in [4.69, 9.17) is 9.47 Å². The number of carbonyl (C=O) groups excluding carboxylic acids is 2. The second kappa shape index (κ2) is 9.87. The number of hydrogen-bond donors (Lipinski definition) is 1. The first-order valence-electron chi connectivity index (χ1n) is 12.7. The molecule has 3 unspecified atom stereocenters. The van der Waals surface area contributed by atoms with E-state index in [2.05, 4.69) is 33.8 Å². The van der Waals surface area contributed by atoms with Crippen LogP contribution in [0.1, 0.15) is 87.0 Å². The number of ether oxygens (including phenoxy) is 2. The Hall–Kier alpha value is -1.36. The van der Waals surface area contributed by atoms with Gasteiger partial charge in [0.2, 0.25) is 0 Å². The molecule has 1 heterocycles. The van der Waals surface area contributed by atoms with E-state index in [1.165, 1.54) is 5.57 Å². The lowest BCUT2D eigenvalue weighted by Gasteiger charge is -2.50. The average Bonchev–Trinajstić information content (AvgIpc) is 2.71. The number of fused-ring (bicyclic) bond motifs is 1. The molecule has 0 radical (unpaired) electrons. The van der Waals surface area contributed by atoms with Gasteiger partial charge in [0.1, 0.15) is 12.2 Å². The lowest BCUT2D eigenvalue weighted by atomic mass is 9.57. The topological polar surface area (TPSA) is 72.8 Å². The first kappa shape index (κ1) is 25.3. The largest absolute Gasteiger partial charge is 0.462 e. The minimum atomic E-state index is -0.597. The lowest BCUT2D eigenvalue weighted by molar-refractivity contribution is -0.168. The monoisotopic (exact) mass is 448 g/mol. The summed E-state index contributed by atoms with van der Waals surface area (Å²) in [4.78, 5) is 24.8. The smallest absolute Gasteiger partial charge is 0.311 e. The Bertz CT molecular complexity index is 726. The number of cyclic esters (lactones) is 1. The van der Waals surface area contributed by atoms with Gasteiger partial charge in [-0.3, -0.25) is 9.59 Å². The van der Waals surface area contributed by atoms with Crippen molar-refractivity contribution in [3.63, 3.8) is 0 Å². The molecule has 32 heavy (non-hydrogen) atoms. The van der Waals surface area contributed by atoms with Crippen molar-refractivity contribution in [2.24, 2.45) is 40.9 Å². The van der Waals surface area contributed by atoms with Gasteiger partial charge in [0.05, 0.1) is 17.9 Å². The van der Waals surface area contributed by atoms with E-state index in [0.29, 0.717) is 36.0 Å². The summed E-state index contributed by atoms with van der Waals surface area (Å²) >= 11 is 0. The van der Waals surface area contributed by atoms with Crippen LogP contribution in [0.3, 0.4) is 0 Å². The zero-order chi connectivity index (χ0) is 23.8. The van der Waals surface area contributed by atoms with Crippen LogP contribution in [0, 0.1) is 40.9 Å². The first-order chi connectivity index (χ1) is 14.9. The van der Waals surface area contributed by atoms with Crippen LogP contribution in [0.5, 0.6) is 0 Å². The van der Waals surface area contributed by atoms with Gasteiger partial charge in [-0.1, -0.05) is 46.3 Å². The Morgan fingerprint density at radius 3 is 2.50 bits per heavy atom. The van der Waals surface area contributed by atoms with Crippen LogP contribution in [-0.4, -0.2) is 35.4 Å². The highest BCUT2D eigenvalue weighted by atomic mass is 16.6. The maximum atomic E-state index is 13.0. The fraction of sp³-hybridized carbons (Fsp3) is 0.852. The van der Waals surface area contributed by atoms with Crippen LogP contribution in [-0.2, 0) is 19.1 Å². The van der Waals surface area contributed by atoms with Gasteiger partial charge in [-0.25, -0.2) is 0 Å². The molecule has 0 aromatic rings. The molecule has 0 amide bonds. The number of aliphatic hydroxyl groups excluding tert-OH is 1. The van der Waals surface area contributed by atoms with E-state index in [0.717, 1.165) is 25.7 Å². The molecule has 5 nitrogen and oxygen atoms in total. The Balaban J connectivity index is 1.83. The molecule has 3 aliphatic rings. The molecule has 0 bridgehead atoms. The number of allylic oxidation sites excluding steroid dienone is 1. The molecule has 1 saturated carbocycles. The van der Waals surface area contributed by atoms with Crippen molar-refractivity contribution in [2.45, 2.75) is 105 Å². The predicted octanol–water partition coefficient (Wildman–Crippen LogP) is 5.30. The van der Waals surface area contributed by atoms with Crippen LogP contribution in [0.25, 0.3) is 0 Å². The van der Waals surface area contributed by atoms with Crippen molar-refractivity contribution >= 4 is 11.9 Å². The van der Waals surface area contributed by atoms with Gasteiger partial charge < -0.3 is 14.6 Å². The summed E-state index contributed by atoms with van der Waals surface area (Å²) in [5, 5.41) is 10.0. The van der Waals surface area contributed by atoms with E-state index in [9.17, 15) is 14.7 Å². The molecular weight excluding hydrogens is 404 g/mol. The Kier molecular flexibility index (Phi) is 7.79. The van der Waals surface area contributed by atoms with Crippen LogP contribution in [0.2, 0.25) is 0 Å². The molecule has 9 atom stereocenters.